The van der Waals surface area contributed by atoms with Gasteiger partial charge < -0.3 is 4.90 Å². The maximum absolute atomic E-state index is 12.0. The lowest BCUT2D eigenvalue weighted by Gasteiger charge is -2.34. The number of rotatable bonds is 1. The second-order valence-corrected chi connectivity index (χ2v) is 6.25. The summed E-state index contributed by atoms with van der Waals surface area (Å²) in [7, 11) is 0. The molecule has 0 aromatic heterocycles. The van der Waals surface area contributed by atoms with Crippen molar-refractivity contribution in [3.63, 3.8) is 0 Å². The molecule has 2 aliphatic heterocycles. The summed E-state index contributed by atoms with van der Waals surface area (Å²) in [4.78, 5) is 14.1. The fourth-order valence-electron chi connectivity index (χ4n) is 2.75. The van der Waals surface area contributed by atoms with Crippen LogP contribution in [-0.2, 0) is 4.79 Å². The first-order chi connectivity index (χ1) is 8.24. The van der Waals surface area contributed by atoms with Crippen LogP contribution in [0, 0.1) is 6.92 Å². The molecule has 0 unspecified atom stereocenters. The van der Waals surface area contributed by atoms with Gasteiger partial charge in [0.05, 0.1) is 5.37 Å². The van der Waals surface area contributed by atoms with E-state index < -0.39 is 0 Å². The van der Waals surface area contributed by atoms with E-state index in [1.807, 2.05) is 11.8 Å². The van der Waals surface area contributed by atoms with Crippen molar-refractivity contribution in [2.45, 2.75) is 31.1 Å². The van der Waals surface area contributed by atoms with Crippen LogP contribution in [0.3, 0.4) is 0 Å². The van der Waals surface area contributed by atoms with Crippen LogP contribution in [0.5, 0.6) is 0 Å². The molecule has 2 saturated heterocycles. The minimum absolute atomic E-state index is 0.344. The Labute approximate surface area is 106 Å². The number of amides is 1. The summed E-state index contributed by atoms with van der Waals surface area (Å²) < 4.78 is 0. The summed E-state index contributed by atoms with van der Waals surface area (Å²) in [6.45, 7) is 3.05. The summed E-state index contributed by atoms with van der Waals surface area (Å²) in [5.74, 6) is 1.88. The molecule has 2 fully saturated rings. The van der Waals surface area contributed by atoms with Crippen LogP contribution in [0.25, 0.3) is 0 Å². The Morgan fingerprint density at radius 2 is 2.06 bits per heavy atom. The van der Waals surface area contributed by atoms with E-state index in [-0.39, 0.29) is 0 Å². The van der Waals surface area contributed by atoms with Crippen LogP contribution in [0.15, 0.2) is 24.3 Å². The molecule has 2 aliphatic rings. The summed E-state index contributed by atoms with van der Waals surface area (Å²) in [5.41, 5.74) is 2.61. The number of benzene rings is 1. The van der Waals surface area contributed by atoms with Gasteiger partial charge in [-0.3, -0.25) is 4.79 Å². The maximum Gasteiger partial charge on any atom is 0.224 e. The van der Waals surface area contributed by atoms with Gasteiger partial charge in [0.25, 0.3) is 0 Å². The van der Waals surface area contributed by atoms with Crippen LogP contribution < -0.4 is 0 Å². The SMILES string of the molecule is Cc1ccc([C@@H]2CC(=O)N3CCS[C@H]3C2)cc1. The Balaban J connectivity index is 1.81. The molecule has 17 heavy (non-hydrogen) atoms. The lowest BCUT2D eigenvalue weighted by molar-refractivity contribution is -0.134. The predicted molar refractivity (Wildman–Crippen MR) is 71.1 cm³/mol. The highest BCUT2D eigenvalue weighted by Crippen LogP contribution is 2.39. The van der Waals surface area contributed by atoms with Gasteiger partial charge in [0.15, 0.2) is 0 Å². The zero-order valence-corrected chi connectivity index (χ0v) is 10.9. The number of fused-ring (bicyclic) bond motifs is 1. The summed E-state index contributed by atoms with van der Waals surface area (Å²) in [6.07, 6.45) is 1.82. The van der Waals surface area contributed by atoms with E-state index >= 15 is 0 Å². The highest BCUT2D eigenvalue weighted by molar-refractivity contribution is 8.00. The molecule has 1 amide bonds. The van der Waals surface area contributed by atoms with Gasteiger partial charge in [-0.05, 0) is 24.8 Å². The Bertz CT molecular complexity index is 428. The maximum atomic E-state index is 12.0. The number of carbonyl (C=O) groups excluding carboxylic acids is 1. The molecule has 2 heterocycles. The number of hydrogen-bond acceptors (Lipinski definition) is 2. The molecule has 1 aromatic carbocycles. The molecule has 90 valence electrons. The topological polar surface area (TPSA) is 20.3 Å². The van der Waals surface area contributed by atoms with Crippen LogP contribution >= 0.6 is 11.8 Å². The van der Waals surface area contributed by atoms with Crippen molar-refractivity contribution >= 4 is 17.7 Å². The minimum atomic E-state index is 0.344. The first-order valence-electron chi connectivity index (χ1n) is 6.21. The van der Waals surface area contributed by atoms with Crippen molar-refractivity contribution in [2.24, 2.45) is 0 Å². The number of carbonyl (C=O) groups is 1. The van der Waals surface area contributed by atoms with Crippen molar-refractivity contribution in [1.82, 2.24) is 4.90 Å². The fraction of sp³-hybridized carbons (Fsp3) is 0.500. The van der Waals surface area contributed by atoms with E-state index in [0.717, 1.165) is 18.7 Å². The third kappa shape index (κ3) is 2.08. The average Bonchev–Trinajstić information content (AvgIpc) is 2.78. The average molecular weight is 247 g/mol. The fourth-order valence-corrected chi connectivity index (χ4v) is 4.09. The second-order valence-electron chi connectivity index (χ2n) is 4.96. The van der Waals surface area contributed by atoms with Crippen LogP contribution in [-0.4, -0.2) is 28.5 Å². The highest BCUT2D eigenvalue weighted by Gasteiger charge is 2.37. The summed E-state index contributed by atoms with van der Waals surface area (Å²) in [6, 6.07) is 8.66. The van der Waals surface area contributed by atoms with E-state index in [1.165, 1.54) is 11.1 Å². The highest BCUT2D eigenvalue weighted by atomic mass is 32.2. The quantitative estimate of drug-likeness (QED) is 0.760. The Morgan fingerprint density at radius 3 is 2.82 bits per heavy atom. The molecule has 1 aromatic rings. The Kier molecular flexibility index (Phi) is 2.87. The standard InChI is InChI=1S/C14H17NOS/c1-10-2-4-11(5-3-10)12-8-13(16)15-6-7-17-14(15)9-12/h2-5,12,14H,6-9H2,1H3/t12-,14+/m1/s1. The van der Waals surface area contributed by atoms with Crippen molar-refractivity contribution in [3.8, 4) is 0 Å². The molecule has 2 nitrogen and oxygen atoms in total. The first-order valence-corrected chi connectivity index (χ1v) is 7.26. The Morgan fingerprint density at radius 1 is 1.29 bits per heavy atom. The van der Waals surface area contributed by atoms with E-state index in [9.17, 15) is 4.79 Å². The molecular weight excluding hydrogens is 230 g/mol. The predicted octanol–water partition coefficient (Wildman–Crippen LogP) is 2.77. The van der Waals surface area contributed by atoms with Crippen molar-refractivity contribution in [2.75, 3.05) is 12.3 Å². The number of thioether (sulfide) groups is 1. The molecule has 0 bridgehead atoms. The van der Waals surface area contributed by atoms with Gasteiger partial charge in [-0.1, -0.05) is 29.8 Å². The van der Waals surface area contributed by atoms with Crippen LogP contribution in [0.1, 0.15) is 29.9 Å². The van der Waals surface area contributed by atoms with Gasteiger partial charge in [0, 0.05) is 18.7 Å². The van der Waals surface area contributed by atoms with Gasteiger partial charge in [-0.25, -0.2) is 0 Å². The zero-order chi connectivity index (χ0) is 11.8. The smallest absolute Gasteiger partial charge is 0.224 e. The van der Waals surface area contributed by atoms with E-state index in [0.29, 0.717) is 23.6 Å². The monoisotopic (exact) mass is 247 g/mol. The van der Waals surface area contributed by atoms with E-state index in [1.54, 1.807) is 0 Å². The van der Waals surface area contributed by atoms with Crippen LogP contribution in [0.4, 0.5) is 0 Å². The molecule has 0 N–H and O–H groups in total. The second kappa shape index (κ2) is 4.37. The first kappa shape index (κ1) is 11.1. The van der Waals surface area contributed by atoms with E-state index in [4.69, 9.17) is 0 Å². The third-order valence-electron chi connectivity index (χ3n) is 3.77. The molecule has 2 atom stereocenters. The molecule has 0 aliphatic carbocycles. The van der Waals surface area contributed by atoms with Gasteiger partial charge in [0.1, 0.15) is 0 Å². The summed E-state index contributed by atoms with van der Waals surface area (Å²) >= 11 is 1.94. The minimum Gasteiger partial charge on any atom is -0.330 e. The third-order valence-corrected chi connectivity index (χ3v) is 5.02. The number of nitrogens with zero attached hydrogens (tertiary/aromatic N) is 1. The largest absolute Gasteiger partial charge is 0.330 e. The molecular formula is C14H17NOS. The Hall–Kier alpha value is -0.960. The van der Waals surface area contributed by atoms with Gasteiger partial charge in [-0.2, -0.15) is 0 Å². The van der Waals surface area contributed by atoms with Crippen LogP contribution in [0.2, 0.25) is 0 Å². The number of hydrogen-bond donors (Lipinski definition) is 0. The molecule has 0 spiro atoms. The number of aryl methyl sites for hydroxylation is 1. The van der Waals surface area contributed by atoms with Crippen molar-refractivity contribution < 1.29 is 4.79 Å². The number of piperidine rings is 1. The molecule has 3 heteroatoms. The van der Waals surface area contributed by atoms with Gasteiger partial charge in [-0.15, -0.1) is 11.8 Å². The van der Waals surface area contributed by atoms with E-state index in [2.05, 4.69) is 36.1 Å². The summed E-state index contributed by atoms with van der Waals surface area (Å²) in [5, 5.41) is 0.433. The molecule has 0 radical (unpaired) electrons. The van der Waals surface area contributed by atoms with Gasteiger partial charge in [0.2, 0.25) is 5.91 Å². The van der Waals surface area contributed by atoms with Gasteiger partial charge >= 0.3 is 0 Å². The van der Waals surface area contributed by atoms with Crippen molar-refractivity contribution in [3.05, 3.63) is 35.4 Å². The zero-order valence-electron chi connectivity index (χ0n) is 10.1. The normalized spacial score (nSPS) is 28.3. The van der Waals surface area contributed by atoms with Crippen molar-refractivity contribution in [1.29, 1.82) is 0 Å². The molecule has 0 saturated carbocycles. The lowest BCUT2D eigenvalue weighted by atomic mass is 9.88. The molecule has 3 rings (SSSR count). The lowest BCUT2D eigenvalue weighted by Crippen LogP contribution is -2.40.